The maximum atomic E-state index is 2.38. The average Bonchev–Trinajstić information content (AvgIpc) is 2.34. The van der Waals surface area contributed by atoms with Crippen LogP contribution in [0.2, 0.25) is 0 Å². The van der Waals surface area contributed by atoms with Crippen LogP contribution in [0.5, 0.6) is 0 Å². The Labute approximate surface area is 120 Å². The molecule has 1 rings (SSSR count). The number of hydrogen-bond acceptors (Lipinski definition) is 0. The fraction of sp³-hybridized carbons (Fsp3) is 0.684. The van der Waals surface area contributed by atoms with E-state index in [2.05, 4.69) is 65.8 Å². The summed E-state index contributed by atoms with van der Waals surface area (Å²) in [4.78, 5) is 0. The quantitative estimate of drug-likeness (QED) is 0.532. The van der Waals surface area contributed by atoms with Gasteiger partial charge in [0.15, 0.2) is 0 Å². The highest BCUT2D eigenvalue weighted by Crippen LogP contribution is 2.31. The Morgan fingerprint density at radius 3 is 1.74 bits per heavy atom. The molecule has 0 saturated carbocycles. The van der Waals surface area contributed by atoms with E-state index >= 15 is 0 Å². The minimum Gasteiger partial charge on any atom is -0.0654 e. The van der Waals surface area contributed by atoms with Gasteiger partial charge in [0.1, 0.15) is 0 Å². The van der Waals surface area contributed by atoms with E-state index in [9.17, 15) is 0 Å². The summed E-state index contributed by atoms with van der Waals surface area (Å²) in [6.45, 7) is 13.9. The Hall–Kier alpha value is -0.780. The van der Waals surface area contributed by atoms with Crippen LogP contribution in [-0.4, -0.2) is 0 Å². The van der Waals surface area contributed by atoms with Gasteiger partial charge >= 0.3 is 0 Å². The van der Waals surface area contributed by atoms with Crippen LogP contribution in [0.15, 0.2) is 24.3 Å². The second kappa shape index (κ2) is 6.59. The Morgan fingerprint density at radius 1 is 0.737 bits per heavy atom. The van der Waals surface area contributed by atoms with Crippen LogP contribution in [0, 0.1) is 0 Å². The van der Waals surface area contributed by atoms with Crippen molar-refractivity contribution < 1.29 is 0 Å². The predicted octanol–water partition coefficient (Wildman–Crippen LogP) is 6.23. The molecule has 0 aromatic heterocycles. The molecule has 1 aromatic rings. The molecule has 0 amide bonds. The summed E-state index contributed by atoms with van der Waals surface area (Å²) in [6, 6.07) is 9.28. The first-order valence-electron chi connectivity index (χ1n) is 7.88. The van der Waals surface area contributed by atoms with E-state index in [1.165, 1.54) is 43.2 Å². The third-order valence-corrected chi connectivity index (χ3v) is 4.19. The lowest BCUT2D eigenvalue weighted by atomic mass is 9.78. The summed E-state index contributed by atoms with van der Waals surface area (Å²) in [6.07, 6.45) is 6.71. The molecule has 0 fully saturated rings. The van der Waals surface area contributed by atoms with Gasteiger partial charge in [0.25, 0.3) is 0 Å². The first kappa shape index (κ1) is 16.3. The second-order valence-electron chi connectivity index (χ2n) is 7.52. The van der Waals surface area contributed by atoms with Gasteiger partial charge in [0, 0.05) is 0 Å². The number of unbranched alkanes of at least 4 members (excludes halogenated alkanes) is 3. The van der Waals surface area contributed by atoms with E-state index in [-0.39, 0.29) is 5.41 Å². The van der Waals surface area contributed by atoms with Gasteiger partial charge in [-0.2, -0.15) is 0 Å². The minimum absolute atomic E-state index is 0.254. The number of benzene rings is 1. The molecule has 0 aliphatic carbocycles. The molecule has 0 heteroatoms. The Balaban J connectivity index is 2.68. The summed E-state index contributed by atoms with van der Waals surface area (Å²) in [5.74, 6) is 0. The van der Waals surface area contributed by atoms with Gasteiger partial charge in [-0.1, -0.05) is 91.5 Å². The Morgan fingerprint density at radius 2 is 1.26 bits per heavy atom. The van der Waals surface area contributed by atoms with E-state index in [0.29, 0.717) is 5.41 Å². The van der Waals surface area contributed by atoms with Crippen LogP contribution >= 0.6 is 0 Å². The predicted molar refractivity (Wildman–Crippen MR) is 86.9 cm³/mol. The average molecular weight is 260 g/mol. The molecule has 0 unspecified atom stereocenters. The van der Waals surface area contributed by atoms with Gasteiger partial charge in [-0.3, -0.25) is 0 Å². The SMILES string of the molecule is CCCCCCC(C)(C)c1ccc(C(C)(C)C)cc1. The number of hydrogen-bond donors (Lipinski definition) is 0. The van der Waals surface area contributed by atoms with Crippen LogP contribution in [0.4, 0.5) is 0 Å². The summed E-state index contributed by atoms with van der Waals surface area (Å²) in [5.41, 5.74) is 3.48. The van der Waals surface area contributed by atoms with Crippen LogP contribution in [0.3, 0.4) is 0 Å². The van der Waals surface area contributed by atoms with Crippen molar-refractivity contribution in [3.05, 3.63) is 35.4 Å². The zero-order valence-corrected chi connectivity index (χ0v) is 13.8. The van der Waals surface area contributed by atoms with Crippen molar-refractivity contribution in [3.63, 3.8) is 0 Å². The molecule has 0 spiro atoms. The Bertz CT molecular complexity index is 362. The van der Waals surface area contributed by atoms with Gasteiger partial charge < -0.3 is 0 Å². The molecule has 0 bridgehead atoms. The van der Waals surface area contributed by atoms with Crippen LogP contribution < -0.4 is 0 Å². The zero-order chi connectivity index (χ0) is 14.5. The highest BCUT2D eigenvalue weighted by molar-refractivity contribution is 5.31. The summed E-state index contributed by atoms with van der Waals surface area (Å²) < 4.78 is 0. The van der Waals surface area contributed by atoms with E-state index in [1.807, 2.05) is 0 Å². The molecule has 0 N–H and O–H groups in total. The molecule has 0 aliphatic rings. The highest BCUT2D eigenvalue weighted by atomic mass is 14.3. The molecular weight excluding hydrogens is 228 g/mol. The molecule has 0 radical (unpaired) electrons. The van der Waals surface area contributed by atoms with Crippen LogP contribution in [0.25, 0.3) is 0 Å². The fourth-order valence-corrected chi connectivity index (χ4v) is 2.56. The molecule has 108 valence electrons. The van der Waals surface area contributed by atoms with Crippen molar-refractivity contribution in [1.82, 2.24) is 0 Å². The largest absolute Gasteiger partial charge is 0.0654 e. The maximum Gasteiger partial charge on any atom is -0.0104 e. The van der Waals surface area contributed by atoms with Gasteiger partial charge in [0.05, 0.1) is 0 Å². The van der Waals surface area contributed by atoms with Crippen molar-refractivity contribution in [1.29, 1.82) is 0 Å². The Kier molecular flexibility index (Phi) is 5.64. The molecule has 1 aromatic carbocycles. The second-order valence-corrected chi connectivity index (χ2v) is 7.52. The zero-order valence-electron chi connectivity index (χ0n) is 13.8. The van der Waals surface area contributed by atoms with Crippen molar-refractivity contribution in [2.24, 2.45) is 0 Å². The summed E-state index contributed by atoms with van der Waals surface area (Å²) in [5, 5.41) is 0. The van der Waals surface area contributed by atoms with Gasteiger partial charge in [-0.25, -0.2) is 0 Å². The lowest BCUT2D eigenvalue weighted by Crippen LogP contribution is -2.18. The van der Waals surface area contributed by atoms with E-state index in [1.54, 1.807) is 0 Å². The lowest BCUT2D eigenvalue weighted by molar-refractivity contribution is 0.445. The van der Waals surface area contributed by atoms with E-state index < -0.39 is 0 Å². The molecule has 0 aliphatic heterocycles. The van der Waals surface area contributed by atoms with E-state index in [0.717, 1.165) is 0 Å². The van der Waals surface area contributed by atoms with Crippen molar-refractivity contribution in [2.75, 3.05) is 0 Å². The normalized spacial score (nSPS) is 12.7. The topological polar surface area (TPSA) is 0 Å². The molecule has 0 heterocycles. The third-order valence-electron chi connectivity index (χ3n) is 4.19. The highest BCUT2D eigenvalue weighted by Gasteiger charge is 2.21. The van der Waals surface area contributed by atoms with Crippen molar-refractivity contribution >= 4 is 0 Å². The first-order valence-corrected chi connectivity index (χ1v) is 7.88. The van der Waals surface area contributed by atoms with E-state index in [4.69, 9.17) is 0 Å². The van der Waals surface area contributed by atoms with Crippen molar-refractivity contribution in [3.8, 4) is 0 Å². The molecule has 0 atom stereocenters. The molecular formula is C19H32. The van der Waals surface area contributed by atoms with Gasteiger partial charge in [-0.15, -0.1) is 0 Å². The molecule has 0 saturated heterocycles. The fourth-order valence-electron chi connectivity index (χ4n) is 2.56. The minimum atomic E-state index is 0.254. The summed E-state index contributed by atoms with van der Waals surface area (Å²) in [7, 11) is 0. The standard InChI is InChI=1S/C19H32/c1-7-8-9-10-15-19(5,6)17-13-11-16(12-14-17)18(2,3)4/h11-14H,7-10,15H2,1-6H3. The molecule has 19 heavy (non-hydrogen) atoms. The maximum absolute atomic E-state index is 2.38. The summed E-state index contributed by atoms with van der Waals surface area (Å²) >= 11 is 0. The number of rotatable bonds is 6. The van der Waals surface area contributed by atoms with Gasteiger partial charge in [-0.05, 0) is 28.4 Å². The van der Waals surface area contributed by atoms with Gasteiger partial charge in [0.2, 0.25) is 0 Å². The molecule has 0 nitrogen and oxygen atoms in total. The smallest absolute Gasteiger partial charge is 0.0104 e. The van der Waals surface area contributed by atoms with Crippen LogP contribution in [0.1, 0.15) is 84.8 Å². The van der Waals surface area contributed by atoms with Crippen molar-refractivity contribution in [2.45, 2.75) is 84.5 Å². The monoisotopic (exact) mass is 260 g/mol. The first-order chi connectivity index (χ1) is 8.77. The van der Waals surface area contributed by atoms with Crippen LogP contribution in [-0.2, 0) is 10.8 Å². The lowest BCUT2D eigenvalue weighted by Gasteiger charge is -2.27. The third kappa shape index (κ3) is 5.01.